The van der Waals surface area contributed by atoms with E-state index in [0.29, 0.717) is 0 Å². The SMILES string of the molecule is CC1(C)c2ccccc2-c2cc3c(cc21)-c1ccc(N(c2ccc(-c4ccccc4)cc2)c2ccc(-c4ccccc4)cc2)cc1C3(C)C. The summed E-state index contributed by atoms with van der Waals surface area (Å²) < 4.78 is 0. The zero-order valence-electron chi connectivity index (χ0n) is 28.5. The van der Waals surface area contributed by atoms with E-state index in [4.69, 9.17) is 0 Å². The zero-order chi connectivity index (χ0) is 33.3. The van der Waals surface area contributed by atoms with Crippen molar-refractivity contribution in [3.63, 3.8) is 0 Å². The summed E-state index contributed by atoms with van der Waals surface area (Å²) in [5, 5.41) is 0. The van der Waals surface area contributed by atoms with Gasteiger partial charge in [-0.1, -0.05) is 143 Å². The van der Waals surface area contributed by atoms with Crippen LogP contribution in [0.2, 0.25) is 0 Å². The number of benzene rings is 7. The van der Waals surface area contributed by atoms with E-state index in [9.17, 15) is 0 Å². The zero-order valence-corrected chi connectivity index (χ0v) is 28.5. The Morgan fingerprint density at radius 1 is 0.306 bits per heavy atom. The molecule has 0 unspecified atom stereocenters. The molecule has 0 spiro atoms. The van der Waals surface area contributed by atoms with Gasteiger partial charge in [-0.2, -0.15) is 0 Å². The average Bonchev–Trinajstić information content (AvgIpc) is 3.51. The van der Waals surface area contributed by atoms with E-state index >= 15 is 0 Å². The fraction of sp³-hybridized carbons (Fsp3) is 0.125. The lowest BCUT2D eigenvalue weighted by Gasteiger charge is -2.28. The Labute approximate surface area is 290 Å². The Balaban J connectivity index is 1.16. The maximum atomic E-state index is 2.50. The molecule has 0 radical (unpaired) electrons. The highest BCUT2D eigenvalue weighted by atomic mass is 15.1. The fourth-order valence-corrected chi connectivity index (χ4v) is 8.37. The van der Waals surface area contributed by atoms with Gasteiger partial charge in [-0.3, -0.25) is 0 Å². The van der Waals surface area contributed by atoms with E-state index in [2.05, 4.69) is 196 Å². The maximum absolute atomic E-state index is 2.50. The van der Waals surface area contributed by atoms with E-state index < -0.39 is 0 Å². The molecule has 0 N–H and O–H groups in total. The van der Waals surface area contributed by atoms with Crippen LogP contribution < -0.4 is 4.90 Å². The summed E-state index contributed by atoms with van der Waals surface area (Å²) >= 11 is 0. The molecule has 0 fully saturated rings. The number of rotatable bonds is 5. The van der Waals surface area contributed by atoms with Gasteiger partial charge >= 0.3 is 0 Å². The molecule has 7 aromatic rings. The molecule has 9 rings (SSSR count). The van der Waals surface area contributed by atoms with Gasteiger partial charge in [0.15, 0.2) is 0 Å². The lowest BCUT2D eigenvalue weighted by Crippen LogP contribution is -2.17. The van der Waals surface area contributed by atoms with Gasteiger partial charge in [-0.25, -0.2) is 0 Å². The molecule has 0 saturated heterocycles. The third kappa shape index (κ3) is 4.60. The Morgan fingerprint density at radius 3 is 1.22 bits per heavy atom. The normalized spacial score (nSPS) is 14.4. The minimum Gasteiger partial charge on any atom is -0.310 e. The van der Waals surface area contributed by atoms with E-state index in [1.165, 1.54) is 66.8 Å². The summed E-state index contributed by atoms with van der Waals surface area (Å²) in [5.74, 6) is 0. The molecular formula is C48H39N. The quantitative estimate of drug-likeness (QED) is 0.183. The first-order chi connectivity index (χ1) is 23.8. The Kier molecular flexibility index (Phi) is 6.58. The highest BCUT2D eigenvalue weighted by molar-refractivity contribution is 5.91. The molecule has 0 aliphatic heterocycles. The second-order valence-corrected chi connectivity index (χ2v) is 14.6. The standard InChI is InChI=1S/C48H39N/c1-47(2)43-18-12-11-17-39(43)41-30-46-42(31-45(41)47)40-28-27-38(29-44(40)48(46,3)4)49(36-23-19-34(20-24-36)32-13-7-5-8-14-32)37-25-21-35(22-26-37)33-15-9-6-10-16-33/h5-31H,1-4H3. The Hall–Kier alpha value is -5.66. The van der Waals surface area contributed by atoms with Gasteiger partial charge in [0, 0.05) is 27.9 Å². The lowest BCUT2D eigenvalue weighted by molar-refractivity contribution is 0.652. The second kappa shape index (κ2) is 10.9. The van der Waals surface area contributed by atoms with E-state index in [1.807, 2.05) is 0 Å². The highest BCUT2D eigenvalue weighted by Crippen LogP contribution is 2.56. The van der Waals surface area contributed by atoms with Crippen molar-refractivity contribution in [3.8, 4) is 44.5 Å². The molecule has 0 heterocycles. The van der Waals surface area contributed by atoms with Crippen molar-refractivity contribution in [2.45, 2.75) is 38.5 Å². The first-order valence-electron chi connectivity index (χ1n) is 17.4. The molecule has 0 bridgehead atoms. The third-order valence-electron chi connectivity index (χ3n) is 11.1. The van der Waals surface area contributed by atoms with Crippen molar-refractivity contribution in [1.82, 2.24) is 0 Å². The summed E-state index contributed by atoms with van der Waals surface area (Å²) in [7, 11) is 0. The number of nitrogens with zero attached hydrogens (tertiary/aromatic N) is 1. The highest BCUT2D eigenvalue weighted by Gasteiger charge is 2.41. The molecule has 1 heteroatoms. The molecule has 0 aromatic heterocycles. The second-order valence-electron chi connectivity index (χ2n) is 14.6. The van der Waals surface area contributed by atoms with Crippen LogP contribution in [0.25, 0.3) is 44.5 Å². The molecule has 49 heavy (non-hydrogen) atoms. The summed E-state index contributed by atoms with van der Waals surface area (Å²) in [6.07, 6.45) is 0. The average molecular weight is 630 g/mol. The van der Waals surface area contributed by atoms with Crippen molar-refractivity contribution < 1.29 is 0 Å². The van der Waals surface area contributed by atoms with Crippen LogP contribution in [0, 0.1) is 0 Å². The van der Waals surface area contributed by atoms with Gasteiger partial charge < -0.3 is 4.90 Å². The molecule has 2 aliphatic carbocycles. The van der Waals surface area contributed by atoms with E-state index in [0.717, 1.165) is 17.1 Å². The first kappa shape index (κ1) is 29.5. The van der Waals surface area contributed by atoms with Crippen LogP contribution in [0.15, 0.2) is 164 Å². The Bertz CT molecular complexity index is 2260. The van der Waals surface area contributed by atoms with Gasteiger partial charge in [-0.05, 0) is 115 Å². The minimum absolute atomic E-state index is 0.0254. The number of hydrogen-bond acceptors (Lipinski definition) is 1. The summed E-state index contributed by atoms with van der Waals surface area (Å²) in [5.41, 5.74) is 19.3. The van der Waals surface area contributed by atoms with Crippen LogP contribution in [0.4, 0.5) is 17.1 Å². The molecule has 0 amide bonds. The topological polar surface area (TPSA) is 3.24 Å². The number of hydrogen-bond donors (Lipinski definition) is 0. The largest absolute Gasteiger partial charge is 0.310 e. The number of fused-ring (bicyclic) bond motifs is 6. The molecule has 0 saturated carbocycles. The van der Waals surface area contributed by atoms with Crippen molar-refractivity contribution in [2.24, 2.45) is 0 Å². The van der Waals surface area contributed by atoms with Crippen LogP contribution in [-0.2, 0) is 10.8 Å². The van der Waals surface area contributed by atoms with Gasteiger partial charge in [0.25, 0.3) is 0 Å². The van der Waals surface area contributed by atoms with Crippen LogP contribution in [0.1, 0.15) is 49.9 Å². The first-order valence-corrected chi connectivity index (χ1v) is 17.4. The maximum Gasteiger partial charge on any atom is 0.0465 e. The molecule has 2 aliphatic rings. The molecule has 236 valence electrons. The molecule has 0 atom stereocenters. The Morgan fingerprint density at radius 2 is 0.694 bits per heavy atom. The monoisotopic (exact) mass is 629 g/mol. The van der Waals surface area contributed by atoms with E-state index in [1.54, 1.807) is 0 Å². The number of anilines is 3. The van der Waals surface area contributed by atoms with Gasteiger partial charge in [0.05, 0.1) is 0 Å². The van der Waals surface area contributed by atoms with Gasteiger partial charge in [-0.15, -0.1) is 0 Å². The molecular weight excluding hydrogens is 591 g/mol. The van der Waals surface area contributed by atoms with E-state index in [-0.39, 0.29) is 10.8 Å². The fourth-order valence-electron chi connectivity index (χ4n) is 8.37. The van der Waals surface area contributed by atoms with Crippen LogP contribution in [0.5, 0.6) is 0 Å². The third-order valence-corrected chi connectivity index (χ3v) is 11.1. The van der Waals surface area contributed by atoms with Crippen LogP contribution in [-0.4, -0.2) is 0 Å². The summed E-state index contributed by atoms with van der Waals surface area (Å²) in [6.45, 7) is 9.54. The smallest absolute Gasteiger partial charge is 0.0465 e. The van der Waals surface area contributed by atoms with Crippen LogP contribution >= 0.6 is 0 Å². The van der Waals surface area contributed by atoms with Crippen molar-refractivity contribution in [2.75, 3.05) is 4.90 Å². The van der Waals surface area contributed by atoms with Gasteiger partial charge in [0.2, 0.25) is 0 Å². The lowest BCUT2D eigenvalue weighted by atomic mass is 9.79. The predicted molar refractivity (Wildman–Crippen MR) is 207 cm³/mol. The van der Waals surface area contributed by atoms with Gasteiger partial charge in [0.1, 0.15) is 0 Å². The molecule has 1 nitrogen and oxygen atoms in total. The molecule has 7 aromatic carbocycles. The van der Waals surface area contributed by atoms with Crippen LogP contribution in [0.3, 0.4) is 0 Å². The predicted octanol–water partition coefficient (Wildman–Crippen LogP) is 13.1. The van der Waals surface area contributed by atoms with Crippen molar-refractivity contribution in [3.05, 3.63) is 186 Å². The van der Waals surface area contributed by atoms with Crippen molar-refractivity contribution in [1.29, 1.82) is 0 Å². The minimum atomic E-state index is -0.141. The van der Waals surface area contributed by atoms with Crippen molar-refractivity contribution >= 4 is 17.1 Å². The summed E-state index contributed by atoms with van der Waals surface area (Å²) in [4.78, 5) is 2.40. The summed E-state index contributed by atoms with van der Waals surface area (Å²) in [6, 6.07) is 60.3.